The van der Waals surface area contributed by atoms with Crippen molar-refractivity contribution in [3.63, 3.8) is 0 Å². The number of methoxy groups -OCH3 is 2. The third-order valence-corrected chi connectivity index (χ3v) is 5.67. The standard InChI is InChI=1S/C20H19BrN2O3S/c1-12-18(19(24)22-11-13-5-4-6-15(21)9-13)27-20(23-12)14-7-8-16(25-2)17(10-14)26-3/h4-10H,11H2,1-3H3,(H,22,24). The van der Waals surface area contributed by atoms with Gasteiger partial charge in [-0.1, -0.05) is 28.1 Å². The summed E-state index contributed by atoms with van der Waals surface area (Å²) in [6, 6.07) is 13.4. The second-order valence-corrected chi connectivity index (χ2v) is 7.73. The minimum absolute atomic E-state index is 0.128. The first-order valence-corrected chi connectivity index (χ1v) is 9.85. The van der Waals surface area contributed by atoms with Crippen molar-refractivity contribution in [3.8, 4) is 22.1 Å². The Morgan fingerprint density at radius 2 is 1.93 bits per heavy atom. The molecule has 0 aliphatic rings. The van der Waals surface area contributed by atoms with E-state index in [-0.39, 0.29) is 5.91 Å². The van der Waals surface area contributed by atoms with Crippen LogP contribution in [-0.4, -0.2) is 25.1 Å². The van der Waals surface area contributed by atoms with E-state index in [4.69, 9.17) is 9.47 Å². The monoisotopic (exact) mass is 446 g/mol. The number of rotatable bonds is 6. The Bertz CT molecular complexity index is 972. The number of halogens is 1. The molecule has 0 spiro atoms. The van der Waals surface area contributed by atoms with E-state index >= 15 is 0 Å². The lowest BCUT2D eigenvalue weighted by Crippen LogP contribution is -2.22. The summed E-state index contributed by atoms with van der Waals surface area (Å²) in [4.78, 5) is 17.8. The molecule has 0 unspecified atom stereocenters. The van der Waals surface area contributed by atoms with Gasteiger partial charge in [-0.2, -0.15) is 0 Å². The molecule has 140 valence electrons. The molecule has 0 saturated carbocycles. The molecule has 3 aromatic rings. The van der Waals surface area contributed by atoms with Crippen molar-refractivity contribution in [1.29, 1.82) is 0 Å². The molecular weight excluding hydrogens is 428 g/mol. The van der Waals surface area contributed by atoms with Gasteiger partial charge < -0.3 is 14.8 Å². The van der Waals surface area contributed by atoms with Crippen LogP contribution in [0.25, 0.3) is 10.6 Å². The number of aromatic nitrogens is 1. The van der Waals surface area contributed by atoms with E-state index in [0.29, 0.717) is 28.6 Å². The normalized spacial score (nSPS) is 10.5. The Labute approximate surface area is 170 Å². The van der Waals surface area contributed by atoms with Crippen LogP contribution < -0.4 is 14.8 Å². The van der Waals surface area contributed by atoms with Crippen LogP contribution in [0.2, 0.25) is 0 Å². The van der Waals surface area contributed by atoms with Gasteiger partial charge in [-0.25, -0.2) is 4.98 Å². The molecular formula is C20H19BrN2O3S. The van der Waals surface area contributed by atoms with Gasteiger partial charge in [0.2, 0.25) is 0 Å². The molecule has 1 aromatic heterocycles. The van der Waals surface area contributed by atoms with Gasteiger partial charge in [-0.15, -0.1) is 11.3 Å². The summed E-state index contributed by atoms with van der Waals surface area (Å²) in [5.74, 6) is 1.15. The first-order chi connectivity index (χ1) is 13.0. The molecule has 0 aliphatic carbocycles. The van der Waals surface area contributed by atoms with Gasteiger partial charge in [0.25, 0.3) is 5.91 Å². The summed E-state index contributed by atoms with van der Waals surface area (Å²) >= 11 is 4.80. The zero-order valence-electron chi connectivity index (χ0n) is 15.2. The number of benzene rings is 2. The predicted octanol–water partition coefficient (Wildman–Crippen LogP) is 4.83. The Morgan fingerprint density at radius 1 is 1.15 bits per heavy atom. The number of thiazole rings is 1. The molecule has 27 heavy (non-hydrogen) atoms. The zero-order chi connectivity index (χ0) is 19.4. The van der Waals surface area contributed by atoms with Crippen LogP contribution in [0.1, 0.15) is 20.9 Å². The van der Waals surface area contributed by atoms with Crippen molar-refractivity contribution in [1.82, 2.24) is 10.3 Å². The first kappa shape index (κ1) is 19.4. The van der Waals surface area contributed by atoms with Gasteiger partial charge in [-0.05, 0) is 42.8 Å². The smallest absolute Gasteiger partial charge is 0.263 e. The molecule has 0 fully saturated rings. The second-order valence-electron chi connectivity index (χ2n) is 5.82. The van der Waals surface area contributed by atoms with E-state index in [1.54, 1.807) is 14.2 Å². The van der Waals surface area contributed by atoms with Crippen molar-refractivity contribution in [2.75, 3.05) is 14.2 Å². The van der Waals surface area contributed by atoms with E-state index in [1.807, 2.05) is 49.4 Å². The molecule has 2 aromatic carbocycles. The van der Waals surface area contributed by atoms with Crippen molar-refractivity contribution in [2.45, 2.75) is 13.5 Å². The fourth-order valence-corrected chi connectivity index (χ4v) is 4.03. The van der Waals surface area contributed by atoms with E-state index in [1.165, 1.54) is 11.3 Å². The Kier molecular flexibility index (Phi) is 6.13. The number of ether oxygens (including phenoxy) is 2. The van der Waals surface area contributed by atoms with E-state index in [9.17, 15) is 4.79 Å². The maximum absolute atomic E-state index is 12.6. The maximum Gasteiger partial charge on any atom is 0.263 e. The molecule has 0 atom stereocenters. The van der Waals surface area contributed by atoms with Crippen molar-refractivity contribution in [2.24, 2.45) is 0 Å². The van der Waals surface area contributed by atoms with E-state index in [0.717, 1.165) is 20.6 Å². The lowest BCUT2D eigenvalue weighted by Gasteiger charge is -2.08. The van der Waals surface area contributed by atoms with E-state index < -0.39 is 0 Å². The molecule has 3 rings (SSSR count). The average molecular weight is 447 g/mol. The highest BCUT2D eigenvalue weighted by atomic mass is 79.9. The van der Waals surface area contributed by atoms with Crippen LogP contribution in [-0.2, 0) is 6.54 Å². The summed E-state index contributed by atoms with van der Waals surface area (Å²) in [6.45, 7) is 2.30. The van der Waals surface area contributed by atoms with Crippen LogP contribution in [0.15, 0.2) is 46.9 Å². The lowest BCUT2D eigenvalue weighted by atomic mass is 10.2. The fourth-order valence-electron chi connectivity index (χ4n) is 2.61. The quantitative estimate of drug-likeness (QED) is 0.588. The zero-order valence-corrected chi connectivity index (χ0v) is 17.6. The molecule has 1 N–H and O–H groups in total. The third kappa shape index (κ3) is 4.48. The molecule has 0 radical (unpaired) electrons. The van der Waals surface area contributed by atoms with Gasteiger partial charge in [0.15, 0.2) is 11.5 Å². The number of nitrogens with zero attached hydrogens (tertiary/aromatic N) is 1. The van der Waals surface area contributed by atoms with Gasteiger partial charge in [0, 0.05) is 16.6 Å². The number of carbonyl (C=O) groups excluding carboxylic acids is 1. The van der Waals surface area contributed by atoms with E-state index in [2.05, 4.69) is 26.2 Å². The highest BCUT2D eigenvalue weighted by Gasteiger charge is 2.17. The predicted molar refractivity (Wildman–Crippen MR) is 111 cm³/mol. The molecule has 1 heterocycles. The molecule has 1 amide bonds. The number of hydrogen-bond acceptors (Lipinski definition) is 5. The van der Waals surface area contributed by atoms with Gasteiger partial charge in [-0.3, -0.25) is 4.79 Å². The van der Waals surface area contributed by atoms with Crippen LogP contribution >= 0.6 is 27.3 Å². The summed E-state index contributed by atoms with van der Waals surface area (Å²) in [5, 5.41) is 3.72. The van der Waals surface area contributed by atoms with Gasteiger partial charge in [0.05, 0.1) is 19.9 Å². The minimum atomic E-state index is -0.128. The third-order valence-electron chi connectivity index (χ3n) is 3.98. The SMILES string of the molecule is COc1ccc(-c2nc(C)c(C(=O)NCc3cccc(Br)c3)s2)cc1OC. The topological polar surface area (TPSA) is 60.5 Å². The number of amides is 1. The highest BCUT2D eigenvalue weighted by molar-refractivity contribution is 9.10. The molecule has 0 saturated heterocycles. The molecule has 0 aliphatic heterocycles. The Hall–Kier alpha value is -2.38. The number of hydrogen-bond donors (Lipinski definition) is 1. The molecule has 7 heteroatoms. The van der Waals surface area contributed by atoms with Crippen LogP contribution in [0.3, 0.4) is 0 Å². The number of aryl methyl sites for hydroxylation is 1. The number of nitrogens with one attached hydrogen (secondary N) is 1. The summed E-state index contributed by atoms with van der Waals surface area (Å²) in [6.07, 6.45) is 0. The molecule has 0 bridgehead atoms. The van der Waals surface area contributed by atoms with Crippen molar-refractivity contribution >= 4 is 33.2 Å². The second kappa shape index (κ2) is 8.54. The largest absolute Gasteiger partial charge is 0.493 e. The van der Waals surface area contributed by atoms with Crippen molar-refractivity contribution in [3.05, 3.63) is 63.1 Å². The van der Waals surface area contributed by atoms with Crippen LogP contribution in [0.4, 0.5) is 0 Å². The van der Waals surface area contributed by atoms with Gasteiger partial charge in [0.1, 0.15) is 9.88 Å². The number of carbonyl (C=O) groups is 1. The van der Waals surface area contributed by atoms with Crippen LogP contribution in [0, 0.1) is 6.92 Å². The summed E-state index contributed by atoms with van der Waals surface area (Å²) < 4.78 is 11.6. The summed E-state index contributed by atoms with van der Waals surface area (Å²) in [5.41, 5.74) is 2.61. The van der Waals surface area contributed by atoms with Crippen molar-refractivity contribution < 1.29 is 14.3 Å². The fraction of sp³-hybridized carbons (Fsp3) is 0.200. The highest BCUT2D eigenvalue weighted by Crippen LogP contribution is 2.35. The van der Waals surface area contributed by atoms with Gasteiger partial charge >= 0.3 is 0 Å². The minimum Gasteiger partial charge on any atom is -0.493 e. The Balaban J connectivity index is 1.78. The Morgan fingerprint density at radius 3 is 2.63 bits per heavy atom. The van der Waals surface area contributed by atoms with Crippen LogP contribution in [0.5, 0.6) is 11.5 Å². The summed E-state index contributed by atoms with van der Waals surface area (Å²) in [7, 11) is 3.19. The first-order valence-electron chi connectivity index (χ1n) is 8.24. The molecule has 5 nitrogen and oxygen atoms in total. The lowest BCUT2D eigenvalue weighted by molar-refractivity contribution is 0.0954. The average Bonchev–Trinajstić information content (AvgIpc) is 3.07. The maximum atomic E-state index is 12.6.